The zero-order valence-corrected chi connectivity index (χ0v) is 9.31. The summed E-state index contributed by atoms with van der Waals surface area (Å²) in [4.78, 5) is 17.9. The van der Waals surface area contributed by atoms with E-state index in [0.717, 1.165) is 0 Å². The standard InChI is InChI=1S/C11H10N4O3/c12-11-6-13-8(5-14-11)7-18-10-3-1-9(2-4-10)15(16)17/h1-6H,7H2,(H2,12,14). The maximum Gasteiger partial charge on any atom is 0.269 e. The summed E-state index contributed by atoms with van der Waals surface area (Å²) in [6.07, 6.45) is 2.95. The first-order chi connectivity index (χ1) is 8.65. The molecule has 0 amide bonds. The molecule has 0 aliphatic heterocycles. The minimum atomic E-state index is -0.463. The van der Waals surface area contributed by atoms with E-state index in [-0.39, 0.29) is 12.3 Å². The fraction of sp³-hybridized carbons (Fsp3) is 0.0909. The predicted molar refractivity (Wildman–Crippen MR) is 63.9 cm³/mol. The molecule has 1 aromatic heterocycles. The van der Waals surface area contributed by atoms with Crippen molar-refractivity contribution >= 4 is 11.5 Å². The van der Waals surface area contributed by atoms with Crippen LogP contribution in [-0.4, -0.2) is 14.9 Å². The van der Waals surface area contributed by atoms with Crippen molar-refractivity contribution in [1.29, 1.82) is 0 Å². The van der Waals surface area contributed by atoms with Crippen molar-refractivity contribution in [2.45, 2.75) is 6.61 Å². The van der Waals surface area contributed by atoms with Gasteiger partial charge in [0.15, 0.2) is 0 Å². The topological polar surface area (TPSA) is 104 Å². The first-order valence-electron chi connectivity index (χ1n) is 5.09. The average molecular weight is 246 g/mol. The first kappa shape index (κ1) is 11.8. The molecule has 2 rings (SSSR count). The smallest absolute Gasteiger partial charge is 0.269 e. The summed E-state index contributed by atoms with van der Waals surface area (Å²) in [5.74, 6) is 0.869. The molecule has 0 unspecified atom stereocenters. The number of hydrogen-bond acceptors (Lipinski definition) is 6. The van der Waals surface area contributed by atoms with E-state index in [2.05, 4.69) is 9.97 Å². The molecule has 0 aliphatic carbocycles. The molecule has 0 radical (unpaired) electrons. The molecular formula is C11H10N4O3. The van der Waals surface area contributed by atoms with Crippen LogP contribution in [0.4, 0.5) is 11.5 Å². The van der Waals surface area contributed by atoms with Gasteiger partial charge in [0, 0.05) is 12.1 Å². The van der Waals surface area contributed by atoms with Crippen LogP contribution in [0, 0.1) is 10.1 Å². The Labute approximate surface area is 102 Å². The van der Waals surface area contributed by atoms with Gasteiger partial charge in [-0.05, 0) is 12.1 Å². The number of hydrogen-bond donors (Lipinski definition) is 1. The second-order valence-electron chi connectivity index (χ2n) is 3.47. The highest BCUT2D eigenvalue weighted by Crippen LogP contribution is 2.18. The number of nitrogens with zero attached hydrogens (tertiary/aromatic N) is 3. The highest BCUT2D eigenvalue weighted by atomic mass is 16.6. The van der Waals surface area contributed by atoms with Crippen LogP contribution in [0.15, 0.2) is 36.7 Å². The average Bonchev–Trinajstić information content (AvgIpc) is 2.38. The lowest BCUT2D eigenvalue weighted by molar-refractivity contribution is -0.384. The normalized spacial score (nSPS) is 10.0. The summed E-state index contributed by atoms with van der Waals surface area (Å²) in [5.41, 5.74) is 6.05. The van der Waals surface area contributed by atoms with Crippen LogP contribution in [0.1, 0.15) is 5.69 Å². The summed E-state index contributed by atoms with van der Waals surface area (Å²) in [6, 6.07) is 5.82. The Morgan fingerprint density at radius 2 is 1.94 bits per heavy atom. The third kappa shape index (κ3) is 2.91. The molecular weight excluding hydrogens is 236 g/mol. The molecule has 1 aromatic carbocycles. The first-order valence-corrected chi connectivity index (χ1v) is 5.09. The number of benzene rings is 1. The van der Waals surface area contributed by atoms with E-state index in [9.17, 15) is 10.1 Å². The molecule has 0 saturated carbocycles. The molecule has 7 heteroatoms. The van der Waals surface area contributed by atoms with Crippen molar-refractivity contribution in [2.75, 3.05) is 5.73 Å². The summed E-state index contributed by atoms with van der Waals surface area (Å²) < 4.78 is 5.40. The van der Waals surface area contributed by atoms with Crippen LogP contribution >= 0.6 is 0 Å². The maximum atomic E-state index is 10.5. The zero-order chi connectivity index (χ0) is 13.0. The Bertz CT molecular complexity index is 539. The molecule has 1 heterocycles. The van der Waals surface area contributed by atoms with E-state index in [0.29, 0.717) is 17.3 Å². The van der Waals surface area contributed by atoms with Gasteiger partial charge in [-0.15, -0.1) is 0 Å². The van der Waals surface area contributed by atoms with Gasteiger partial charge in [-0.2, -0.15) is 0 Å². The highest BCUT2D eigenvalue weighted by molar-refractivity contribution is 5.36. The van der Waals surface area contributed by atoms with Crippen LogP contribution in [-0.2, 0) is 6.61 Å². The predicted octanol–water partition coefficient (Wildman–Crippen LogP) is 1.55. The van der Waals surface area contributed by atoms with Gasteiger partial charge in [-0.3, -0.25) is 15.1 Å². The van der Waals surface area contributed by atoms with Gasteiger partial charge in [-0.25, -0.2) is 4.98 Å². The molecule has 7 nitrogen and oxygen atoms in total. The van der Waals surface area contributed by atoms with Crippen LogP contribution < -0.4 is 10.5 Å². The number of aromatic nitrogens is 2. The van der Waals surface area contributed by atoms with E-state index in [1.807, 2.05) is 0 Å². The molecule has 92 valence electrons. The minimum absolute atomic E-state index is 0.0228. The number of nitro groups is 1. The molecule has 0 saturated heterocycles. The molecule has 18 heavy (non-hydrogen) atoms. The lowest BCUT2D eigenvalue weighted by atomic mass is 10.3. The van der Waals surface area contributed by atoms with E-state index < -0.39 is 4.92 Å². The molecule has 0 bridgehead atoms. The van der Waals surface area contributed by atoms with Gasteiger partial charge in [-0.1, -0.05) is 0 Å². The van der Waals surface area contributed by atoms with E-state index in [1.54, 1.807) is 0 Å². The Balaban J connectivity index is 1.97. The SMILES string of the molecule is Nc1cnc(COc2ccc([N+](=O)[O-])cc2)cn1. The maximum absolute atomic E-state index is 10.5. The molecule has 0 atom stereocenters. The summed E-state index contributed by atoms with van der Waals surface area (Å²) in [5, 5.41) is 10.5. The summed E-state index contributed by atoms with van der Waals surface area (Å²) in [6.45, 7) is 0.227. The quantitative estimate of drug-likeness (QED) is 0.648. The number of non-ortho nitro benzene ring substituents is 1. The molecule has 0 fully saturated rings. The molecule has 0 spiro atoms. The van der Waals surface area contributed by atoms with Crippen molar-refractivity contribution in [3.63, 3.8) is 0 Å². The Hall–Kier alpha value is -2.70. The van der Waals surface area contributed by atoms with Gasteiger partial charge < -0.3 is 10.5 Å². The summed E-state index contributed by atoms with van der Waals surface area (Å²) in [7, 11) is 0. The third-order valence-electron chi connectivity index (χ3n) is 2.16. The van der Waals surface area contributed by atoms with Crippen molar-refractivity contribution in [2.24, 2.45) is 0 Å². The second-order valence-corrected chi connectivity index (χ2v) is 3.47. The van der Waals surface area contributed by atoms with E-state index in [1.165, 1.54) is 36.7 Å². The number of nitrogens with two attached hydrogens (primary N) is 1. The molecule has 2 aromatic rings. The van der Waals surface area contributed by atoms with Crippen molar-refractivity contribution in [3.05, 3.63) is 52.5 Å². The largest absolute Gasteiger partial charge is 0.487 e. The Morgan fingerprint density at radius 3 is 2.50 bits per heavy atom. The third-order valence-corrected chi connectivity index (χ3v) is 2.16. The number of nitrogen functional groups attached to an aromatic ring is 1. The fourth-order valence-electron chi connectivity index (χ4n) is 1.26. The highest BCUT2D eigenvalue weighted by Gasteiger charge is 2.04. The van der Waals surface area contributed by atoms with Gasteiger partial charge >= 0.3 is 0 Å². The summed E-state index contributed by atoms with van der Waals surface area (Å²) >= 11 is 0. The number of nitro benzene ring substituents is 1. The van der Waals surface area contributed by atoms with Crippen molar-refractivity contribution in [1.82, 2.24) is 9.97 Å². The lowest BCUT2D eigenvalue weighted by Crippen LogP contribution is -2.00. The van der Waals surface area contributed by atoms with Crippen LogP contribution in [0.3, 0.4) is 0 Å². The van der Waals surface area contributed by atoms with Gasteiger partial charge in [0.1, 0.15) is 18.2 Å². The minimum Gasteiger partial charge on any atom is -0.487 e. The van der Waals surface area contributed by atoms with Crippen LogP contribution in [0.25, 0.3) is 0 Å². The van der Waals surface area contributed by atoms with Crippen LogP contribution in [0.5, 0.6) is 5.75 Å². The van der Waals surface area contributed by atoms with Gasteiger partial charge in [0.25, 0.3) is 5.69 Å². The fourth-order valence-corrected chi connectivity index (χ4v) is 1.26. The van der Waals surface area contributed by atoms with Gasteiger partial charge in [0.05, 0.1) is 23.0 Å². The monoisotopic (exact) mass is 246 g/mol. The van der Waals surface area contributed by atoms with E-state index in [4.69, 9.17) is 10.5 Å². The van der Waals surface area contributed by atoms with Crippen molar-refractivity contribution < 1.29 is 9.66 Å². The van der Waals surface area contributed by atoms with E-state index >= 15 is 0 Å². The zero-order valence-electron chi connectivity index (χ0n) is 9.31. The molecule has 0 aliphatic rings. The number of ether oxygens (including phenoxy) is 1. The van der Waals surface area contributed by atoms with Crippen molar-refractivity contribution in [3.8, 4) is 5.75 Å². The lowest BCUT2D eigenvalue weighted by Gasteiger charge is -2.04. The van der Waals surface area contributed by atoms with Gasteiger partial charge in [0.2, 0.25) is 0 Å². The van der Waals surface area contributed by atoms with Crippen LogP contribution in [0.2, 0.25) is 0 Å². The molecule has 2 N–H and O–H groups in total. The Morgan fingerprint density at radius 1 is 1.22 bits per heavy atom. The number of rotatable bonds is 4. The Kier molecular flexibility index (Phi) is 3.33. The second kappa shape index (κ2) is 5.09. The number of anilines is 1.